The Bertz CT molecular complexity index is 1900. The maximum absolute atomic E-state index is 14.2. The van der Waals surface area contributed by atoms with Crippen LogP contribution in [0, 0.1) is 20.8 Å². The van der Waals surface area contributed by atoms with E-state index in [0.717, 1.165) is 33.5 Å². The summed E-state index contributed by atoms with van der Waals surface area (Å²) in [5.74, 6) is 0.0896. The molecule has 1 aliphatic heterocycles. The average Bonchev–Trinajstić information content (AvgIpc) is 3.41. The number of esters is 1. The van der Waals surface area contributed by atoms with Gasteiger partial charge in [-0.25, -0.2) is 9.79 Å². The third kappa shape index (κ3) is 5.43. The molecule has 0 bridgehead atoms. The summed E-state index contributed by atoms with van der Waals surface area (Å²) >= 11 is 4.90. The van der Waals surface area contributed by atoms with Gasteiger partial charge in [0, 0.05) is 27.1 Å². The van der Waals surface area contributed by atoms with Gasteiger partial charge >= 0.3 is 5.97 Å². The van der Waals surface area contributed by atoms with Crippen LogP contribution in [0.2, 0.25) is 0 Å². The Kier molecular flexibility index (Phi) is 8.70. The summed E-state index contributed by atoms with van der Waals surface area (Å²) in [6.07, 6.45) is 3.29. The van der Waals surface area contributed by atoms with E-state index in [1.165, 1.54) is 16.9 Å². The second-order valence-electron chi connectivity index (χ2n) is 10.3. The fraction of sp³-hybridized carbons (Fsp3) is 0.303. The molecule has 4 aromatic rings. The van der Waals surface area contributed by atoms with Crippen LogP contribution in [0.4, 0.5) is 0 Å². The van der Waals surface area contributed by atoms with Gasteiger partial charge in [0.15, 0.2) is 4.80 Å². The molecule has 5 rings (SSSR count). The van der Waals surface area contributed by atoms with Crippen LogP contribution in [-0.4, -0.2) is 28.8 Å². The van der Waals surface area contributed by atoms with Gasteiger partial charge in [-0.05, 0) is 87.7 Å². The van der Waals surface area contributed by atoms with Crippen LogP contribution < -0.4 is 19.6 Å². The number of allylic oxidation sites excluding steroid dienone is 1. The quantitative estimate of drug-likeness (QED) is 0.218. The minimum absolute atomic E-state index is 0.213. The standard InChI is InChI=1S/C33H34BrN3O4S/c1-7-10-26-29(32(39)41-8-2)30(25-18-23(34)13-14-27(25)40-6)37-31(38)28(42-33(37)35-26)17-22-16-20(4)36(21(22)5)24-12-9-11-19(3)15-24/h9,11-18,30H,7-8,10H2,1-6H3/b28-17-/t30-/m1/s1. The van der Waals surface area contributed by atoms with Crippen LogP contribution in [0.1, 0.15) is 60.8 Å². The molecule has 2 aromatic heterocycles. The van der Waals surface area contributed by atoms with Crippen LogP contribution in [-0.2, 0) is 9.53 Å². The summed E-state index contributed by atoms with van der Waals surface area (Å²) in [4.78, 5) is 33.2. The van der Waals surface area contributed by atoms with Crippen molar-refractivity contribution < 1.29 is 14.3 Å². The third-order valence-electron chi connectivity index (χ3n) is 7.40. The number of fused-ring (bicyclic) bond motifs is 1. The molecular weight excluding hydrogens is 614 g/mol. The Morgan fingerprint density at radius 2 is 1.90 bits per heavy atom. The first-order valence-electron chi connectivity index (χ1n) is 14.0. The highest BCUT2D eigenvalue weighted by atomic mass is 79.9. The van der Waals surface area contributed by atoms with E-state index in [2.05, 4.69) is 65.5 Å². The van der Waals surface area contributed by atoms with E-state index in [4.69, 9.17) is 14.5 Å². The number of benzene rings is 2. The first kappa shape index (κ1) is 29.8. The van der Waals surface area contributed by atoms with Gasteiger partial charge in [-0.15, -0.1) is 0 Å². The lowest BCUT2D eigenvalue weighted by Gasteiger charge is -2.27. The van der Waals surface area contributed by atoms with Crippen molar-refractivity contribution in [2.24, 2.45) is 4.99 Å². The number of carbonyl (C=O) groups excluding carboxylic acids is 1. The van der Waals surface area contributed by atoms with Crippen LogP contribution in [0.5, 0.6) is 5.75 Å². The number of aryl methyl sites for hydroxylation is 2. The molecule has 0 saturated heterocycles. The summed E-state index contributed by atoms with van der Waals surface area (Å²) < 4.78 is 16.4. The van der Waals surface area contributed by atoms with Crippen molar-refractivity contribution in [1.82, 2.24) is 9.13 Å². The zero-order chi connectivity index (χ0) is 30.1. The molecule has 42 heavy (non-hydrogen) atoms. The van der Waals surface area contributed by atoms with Crippen molar-refractivity contribution in [1.29, 1.82) is 0 Å². The molecule has 0 aliphatic carbocycles. The van der Waals surface area contributed by atoms with Crippen LogP contribution in [0.15, 0.2) is 74.1 Å². The molecule has 9 heteroatoms. The van der Waals surface area contributed by atoms with Gasteiger partial charge in [0.25, 0.3) is 5.56 Å². The van der Waals surface area contributed by atoms with E-state index in [1.54, 1.807) is 18.6 Å². The monoisotopic (exact) mass is 647 g/mol. The normalized spacial score (nSPS) is 15.0. The fourth-order valence-corrected chi connectivity index (χ4v) is 6.96. The minimum atomic E-state index is -0.754. The van der Waals surface area contributed by atoms with Gasteiger partial charge in [0.05, 0.1) is 29.5 Å². The largest absolute Gasteiger partial charge is 0.496 e. The van der Waals surface area contributed by atoms with Crippen molar-refractivity contribution in [2.75, 3.05) is 13.7 Å². The van der Waals surface area contributed by atoms with Gasteiger partial charge in [-0.3, -0.25) is 9.36 Å². The van der Waals surface area contributed by atoms with Gasteiger partial charge in [-0.1, -0.05) is 52.7 Å². The summed E-state index contributed by atoms with van der Waals surface area (Å²) in [5.41, 5.74) is 6.78. The molecule has 1 atom stereocenters. The number of carbonyl (C=O) groups is 1. The van der Waals surface area contributed by atoms with Crippen LogP contribution >= 0.6 is 27.3 Å². The van der Waals surface area contributed by atoms with Gasteiger partial charge in [0.2, 0.25) is 0 Å². The Morgan fingerprint density at radius 3 is 2.60 bits per heavy atom. The zero-order valence-corrected chi connectivity index (χ0v) is 27.1. The molecule has 0 unspecified atom stereocenters. The molecule has 0 amide bonds. The maximum atomic E-state index is 14.2. The molecule has 1 aliphatic rings. The van der Waals surface area contributed by atoms with Gasteiger partial charge in [-0.2, -0.15) is 0 Å². The predicted octanol–water partition coefficient (Wildman–Crippen LogP) is 6.07. The first-order chi connectivity index (χ1) is 20.2. The SMILES string of the molecule is CCCC1=C(C(=O)OCC)[C@@H](c2cc(Br)ccc2OC)n2c(s/c(=C\c3cc(C)n(-c4cccc(C)c4)c3C)c2=O)=N1. The number of aromatic nitrogens is 2. The molecule has 7 nitrogen and oxygen atoms in total. The number of hydrogen-bond donors (Lipinski definition) is 0. The van der Waals surface area contributed by atoms with E-state index < -0.39 is 12.0 Å². The number of nitrogens with zero attached hydrogens (tertiary/aromatic N) is 3. The number of ether oxygens (including phenoxy) is 2. The topological polar surface area (TPSA) is 74.8 Å². The van der Waals surface area contributed by atoms with Crippen molar-refractivity contribution in [2.45, 2.75) is 53.5 Å². The first-order valence-corrected chi connectivity index (χ1v) is 15.6. The second kappa shape index (κ2) is 12.3. The van der Waals surface area contributed by atoms with E-state index in [9.17, 15) is 9.59 Å². The van der Waals surface area contributed by atoms with E-state index in [-0.39, 0.29) is 12.2 Å². The van der Waals surface area contributed by atoms with Crippen molar-refractivity contribution >= 4 is 39.3 Å². The molecule has 3 heterocycles. The predicted molar refractivity (Wildman–Crippen MR) is 170 cm³/mol. The Morgan fingerprint density at radius 1 is 1.12 bits per heavy atom. The van der Waals surface area contributed by atoms with E-state index in [0.29, 0.717) is 38.3 Å². The van der Waals surface area contributed by atoms with Crippen molar-refractivity contribution in [3.05, 3.63) is 112 Å². The number of thiazole rings is 1. The Balaban J connectivity index is 1.77. The number of halogens is 1. The zero-order valence-electron chi connectivity index (χ0n) is 24.7. The third-order valence-corrected chi connectivity index (χ3v) is 8.87. The lowest BCUT2D eigenvalue weighted by atomic mass is 9.93. The summed E-state index contributed by atoms with van der Waals surface area (Å²) in [5, 5.41) is 0. The van der Waals surface area contributed by atoms with Crippen molar-refractivity contribution in [3.63, 3.8) is 0 Å². The van der Waals surface area contributed by atoms with E-state index >= 15 is 0 Å². The molecule has 0 radical (unpaired) electrons. The summed E-state index contributed by atoms with van der Waals surface area (Å²) in [7, 11) is 1.58. The number of hydrogen-bond acceptors (Lipinski definition) is 6. The summed E-state index contributed by atoms with van der Waals surface area (Å²) in [6, 6.07) is 15.3. The van der Waals surface area contributed by atoms with Crippen LogP contribution in [0.25, 0.3) is 11.8 Å². The fourth-order valence-electron chi connectivity index (χ4n) is 5.57. The lowest BCUT2D eigenvalue weighted by Crippen LogP contribution is -2.40. The number of methoxy groups -OCH3 is 1. The maximum Gasteiger partial charge on any atom is 0.338 e. The minimum Gasteiger partial charge on any atom is -0.496 e. The Labute approximate surface area is 257 Å². The molecule has 2 aromatic carbocycles. The molecule has 218 valence electrons. The lowest BCUT2D eigenvalue weighted by molar-refractivity contribution is -0.139. The van der Waals surface area contributed by atoms with Gasteiger partial charge in [0.1, 0.15) is 11.8 Å². The molecular formula is C33H34BrN3O4S. The molecule has 0 N–H and O–H groups in total. The summed E-state index contributed by atoms with van der Waals surface area (Å²) in [6.45, 7) is 10.2. The number of rotatable bonds is 8. The van der Waals surface area contributed by atoms with Gasteiger partial charge < -0.3 is 14.0 Å². The average molecular weight is 649 g/mol. The highest BCUT2D eigenvalue weighted by Crippen LogP contribution is 2.38. The van der Waals surface area contributed by atoms with E-state index in [1.807, 2.05) is 37.3 Å². The molecule has 0 saturated carbocycles. The Hall–Kier alpha value is -3.69. The second-order valence-corrected chi connectivity index (χ2v) is 12.2. The highest BCUT2D eigenvalue weighted by Gasteiger charge is 2.36. The highest BCUT2D eigenvalue weighted by molar-refractivity contribution is 9.10. The molecule has 0 spiro atoms. The molecule has 0 fully saturated rings. The smallest absolute Gasteiger partial charge is 0.338 e. The van der Waals surface area contributed by atoms with Crippen LogP contribution in [0.3, 0.4) is 0 Å². The van der Waals surface area contributed by atoms with Crippen molar-refractivity contribution in [3.8, 4) is 11.4 Å².